The summed E-state index contributed by atoms with van der Waals surface area (Å²) in [4.78, 5) is 30.1. The van der Waals surface area contributed by atoms with Gasteiger partial charge in [-0.25, -0.2) is 0 Å². The molecule has 1 amide bonds. The van der Waals surface area contributed by atoms with Crippen molar-refractivity contribution in [2.45, 2.75) is 57.4 Å². The summed E-state index contributed by atoms with van der Waals surface area (Å²) in [7, 11) is 1.71. The number of likely N-dealkylation sites (tertiary alicyclic amines) is 1. The summed E-state index contributed by atoms with van der Waals surface area (Å²) in [5.41, 5.74) is 9.66. The average molecular weight is 436 g/mol. The molecule has 3 aliphatic rings. The molecule has 3 N–H and O–H groups in total. The van der Waals surface area contributed by atoms with Gasteiger partial charge in [-0.3, -0.25) is 9.59 Å². The van der Waals surface area contributed by atoms with E-state index >= 15 is 0 Å². The molecular formula is C26H33N3O3. The molecule has 1 saturated heterocycles. The Morgan fingerprint density at radius 2 is 2.09 bits per heavy atom. The van der Waals surface area contributed by atoms with Crippen LogP contribution in [0.25, 0.3) is 0 Å². The topological polar surface area (TPSA) is 88.4 Å². The Balaban J connectivity index is 1.64. The number of nitrogens with two attached hydrogens (primary N) is 1. The molecule has 1 aromatic heterocycles. The number of H-pyrrole nitrogens is 1. The summed E-state index contributed by atoms with van der Waals surface area (Å²) < 4.78 is 5.60. The summed E-state index contributed by atoms with van der Waals surface area (Å²) in [6.45, 7) is 6.78. The minimum atomic E-state index is -0.665. The molecule has 2 aliphatic carbocycles. The van der Waals surface area contributed by atoms with Crippen LogP contribution in [0.5, 0.6) is 5.75 Å². The molecule has 3 atom stereocenters. The maximum absolute atomic E-state index is 12.6. The first kappa shape index (κ1) is 21.3. The summed E-state index contributed by atoms with van der Waals surface area (Å²) in [6.07, 6.45) is 5.32. The predicted molar refractivity (Wildman–Crippen MR) is 124 cm³/mol. The zero-order chi connectivity index (χ0) is 22.6. The van der Waals surface area contributed by atoms with E-state index in [1.165, 1.54) is 30.5 Å². The van der Waals surface area contributed by atoms with E-state index in [0.717, 1.165) is 48.7 Å². The highest BCUT2D eigenvalue weighted by Crippen LogP contribution is 2.51. The van der Waals surface area contributed by atoms with Crippen LogP contribution >= 0.6 is 0 Å². The highest BCUT2D eigenvalue weighted by atomic mass is 16.5. The second-order valence-electron chi connectivity index (χ2n) is 10.1. The van der Waals surface area contributed by atoms with Crippen molar-refractivity contribution in [3.63, 3.8) is 0 Å². The van der Waals surface area contributed by atoms with Crippen molar-refractivity contribution in [3.05, 3.63) is 62.6 Å². The van der Waals surface area contributed by atoms with Crippen LogP contribution in [-0.2, 0) is 18.3 Å². The molecule has 2 heterocycles. The van der Waals surface area contributed by atoms with Gasteiger partial charge >= 0.3 is 0 Å². The molecule has 3 unspecified atom stereocenters. The first-order valence-corrected chi connectivity index (χ1v) is 11.8. The normalized spacial score (nSPS) is 27.5. The number of amides is 1. The Labute approximate surface area is 189 Å². The van der Waals surface area contributed by atoms with Crippen molar-refractivity contribution in [2.75, 3.05) is 20.2 Å². The van der Waals surface area contributed by atoms with Crippen LogP contribution in [0, 0.1) is 18.8 Å². The lowest BCUT2D eigenvalue weighted by molar-refractivity contribution is 0.0246. The Morgan fingerprint density at radius 3 is 2.78 bits per heavy atom. The van der Waals surface area contributed by atoms with Gasteiger partial charge in [0.2, 0.25) is 0 Å². The quantitative estimate of drug-likeness (QED) is 0.756. The number of benzene rings is 1. The van der Waals surface area contributed by atoms with Gasteiger partial charge in [-0.1, -0.05) is 6.07 Å². The molecule has 6 nitrogen and oxygen atoms in total. The zero-order valence-electron chi connectivity index (χ0n) is 19.2. The average Bonchev–Trinajstić information content (AvgIpc) is 3.59. The molecule has 2 fully saturated rings. The molecular weight excluding hydrogens is 402 g/mol. The van der Waals surface area contributed by atoms with Gasteiger partial charge < -0.3 is 20.4 Å². The van der Waals surface area contributed by atoms with E-state index in [0.29, 0.717) is 12.0 Å². The van der Waals surface area contributed by atoms with E-state index in [1.807, 2.05) is 6.07 Å². The minimum absolute atomic E-state index is 0.0621. The number of nitrogens with zero attached hydrogens (tertiary/aromatic N) is 1. The van der Waals surface area contributed by atoms with E-state index in [4.69, 9.17) is 10.5 Å². The molecule has 0 bridgehead atoms. The monoisotopic (exact) mass is 435 g/mol. The van der Waals surface area contributed by atoms with Gasteiger partial charge in [-0.05, 0) is 99.2 Å². The predicted octanol–water partition coefficient (Wildman–Crippen LogP) is 2.95. The third-order valence-corrected chi connectivity index (χ3v) is 8.30. The third kappa shape index (κ3) is 3.45. The minimum Gasteiger partial charge on any atom is -0.497 e. The zero-order valence-corrected chi connectivity index (χ0v) is 19.2. The van der Waals surface area contributed by atoms with Crippen LogP contribution in [0.2, 0.25) is 0 Å². The van der Waals surface area contributed by atoms with Gasteiger partial charge in [0.1, 0.15) is 11.3 Å². The second kappa shape index (κ2) is 7.77. The molecule has 170 valence electrons. The summed E-state index contributed by atoms with van der Waals surface area (Å²) >= 11 is 0. The Hall–Kier alpha value is -2.60. The molecule has 0 spiro atoms. The number of aromatic amines is 1. The highest BCUT2D eigenvalue weighted by molar-refractivity contribution is 5.92. The number of rotatable bonds is 5. The fourth-order valence-corrected chi connectivity index (χ4v) is 6.30. The fourth-order valence-electron chi connectivity index (χ4n) is 6.30. The fraction of sp³-hybridized carbons (Fsp3) is 0.538. The number of fused-ring (bicyclic) bond motifs is 2. The SMILES string of the molecule is COc1ccc(C)c(C23CCN(CC4CC4)C(C)C2Cc2cc(C(N)=O)c(=O)[nH]c2C3)c1. The number of hydrogen-bond donors (Lipinski definition) is 2. The van der Waals surface area contributed by atoms with Gasteiger partial charge in [0.05, 0.1) is 7.11 Å². The van der Waals surface area contributed by atoms with E-state index in [2.05, 4.69) is 35.9 Å². The lowest BCUT2D eigenvalue weighted by atomic mass is 9.55. The standard InChI is InChI=1S/C26H33N3O3/c1-15-4-7-19(32-3)12-21(15)26-8-9-29(14-17-5-6-17)16(2)22(26)11-18-10-20(24(27)30)25(31)28-23(18)13-26/h4,7,10,12,16-17,22H,5-6,8-9,11,13-14H2,1-3H3,(H2,27,30)(H,28,31). The number of primary amides is 1. The van der Waals surface area contributed by atoms with Crippen molar-refractivity contribution in [1.29, 1.82) is 0 Å². The van der Waals surface area contributed by atoms with Gasteiger partial charge in [0.25, 0.3) is 11.5 Å². The van der Waals surface area contributed by atoms with Gasteiger partial charge in [-0.15, -0.1) is 0 Å². The van der Waals surface area contributed by atoms with E-state index in [1.54, 1.807) is 13.2 Å². The highest BCUT2D eigenvalue weighted by Gasteiger charge is 2.51. The number of aryl methyl sites for hydroxylation is 1. The lowest BCUT2D eigenvalue weighted by Crippen LogP contribution is -2.59. The third-order valence-electron chi connectivity index (χ3n) is 8.30. The van der Waals surface area contributed by atoms with Crippen LogP contribution < -0.4 is 16.0 Å². The second-order valence-corrected chi connectivity index (χ2v) is 10.1. The van der Waals surface area contributed by atoms with Crippen molar-refractivity contribution in [1.82, 2.24) is 9.88 Å². The van der Waals surface area contributed by atoms with Crippen molar-refractivity contribution < 1.29 is 9.53 Å². The van der Waals surface area contributed by atoms with Crippen LogP contribution in [0.1, 0.15) is 58.9 Å². The van der Waals surface area contributed by atoms with Crippen LogP contribution in [0.15, 0.2) is 29.1 Å². The van der Waals surface area contributed by atoms with Crippen LogP contribution in [0.3, 0.4) is 0 Å². The molecule has 0 radical (unpaired) electrons. The van der Waals surface area contributed by atoms with Crippen LogP contribution in [-0.4, -0.2) is 42.0 Å². The summed E-state index contributed by atoms with van der Waals surface area (Å²) in [5, 5.41) is 0. The van der Waals surface area contributed by atoms with Gasteiger partial charge in [-0.2, -0.15) is 0 Å². The van der Waals surface area contributed by atoms with Crippen LogP contribution in [0.4, 0.5) is 0 Å². The number of carbonyl (C=O) groups is 1. The first-order chi connectivity index (χ1) is 15.3. The smallest absolute Gasteiger partial charge is 0.261 e. The number of ether oxygens (including phenoxy) is 1. The molecule has 2 aromatic rings. The van der Waals surface area contributed by atoms with E-state index < -0.39 is 5.91 Å². The van der Waals surface area contributed by atoms with Crippen molar-refractivity contribution in [2.24, 2.45) is 17.6 Å². The van der Waals surface area contributed by atoms with Gasteiger partial charge in [0.15, 0.2) is 0 Å². The number of aromatic nitrogens is 1. The van der Waals surface area contributed by atoms with Crippen molar-refractivity contribution >= 4 is 5.91 Å². The molecule has 1 saturated carbocycles. The number of hydrogen-bond acceptors (Lipinski definition) is 4. The van der Waals surface area contributed by atoms with Gasteiger partial charge in [0, 0.05) is 23.7 Å². The number of piperidine rings is 1. The Morgan fingerprint density at radius 1 is 1.31 bits per heavy atom. The largest absolute Gasteiger partial charge is 0.497 e. The molecule has 1 aromatic carbocycles. The van der Waals surface area contributed by atoms with Crippen molar-refractivity contribution in [3.8, 4) is 5.75 Å². The number of nitrogens with one attached hydrogen (secondary N) is 1. The Kier molecular flexibility index (Phi) is 5.16. The maximum Gasteiger partial charge on any atom is 0.261 e. The van der Waals surface area contributed by atoms with E-state index in [-0.39, 0.29) is 16.5 Å². The molecule has 5 rings (SSSR count). The number of methoxy groups -OCH3 is 1. The maximum atomic E-state index is 12.6. The number of pyridine rings is 1. The number of carbonyl (C=O) groups excluding carboxylic acids is 1. The van der Waals surface area contributed by atoms with E-state index in [9.17, 15) is 9.59 Å². The molecule has 6 heteroatoms. The molecule has 1 aliphatic heterocycles. The lowest BCUT2D eigenvalue weighted by Gasteiger charge is -2.55. The summed E-state index contributed by atoms with van der Waals surface area (Å²) in [5.74, 6) is 1.42. The molecule has 32 heavy (non-hydrogen) atoms. The summed E-state index contributed by atoms with van der Waals surface area (Å²) in [6, 6.07) is 8.52. The first-order valence-electron chi connectivity index (χ1n) is 11.8. The Bertz CT molecular complexity index is 1120.